The minimum atomic E-state index is -1.29. The summed E-state index contributed by atoms with van der Waals surface area (Å²) in [5.41, 5.74) is 0.428. The molecular weight excluding hydrogens is 376 g/mol. The van der Waals surface area contributed by atoms with E-state index in [1.54, 1.807) is 61.5 Å². The van der Waals surface area contributed by atoms with Crippen molar-refractivity contribution in [1.29, 1.82) is 0 Å². The summed E-state index contributed by atoms with van der Waals surface area (Å²) in [5, 5.41) is 4.61. The Kier molecular flexibility index (Phi) is 8.50. The van der Waals surface area contributed by atoms with Gasteiger partial charge < -0.3 is 19.5 Å². The molecule has 2 aromatic carbocycles. The number of benzene rings is 2. The fourth-order valence-corrected chi connectivity index (χ4v) is 2.43. The molecule has 0 spiro atoms. The Morgan fingerprint density at radius 3 is 2.14 bits per heavy atom. The van der Waals surface area contributed by atoms with Crippen LogP contribution in [-0.4, -0.2) is 37.7 Å². The highest BCUT2D eigenvalue weighted by molar-refractivity contribution is 5.97. The minimum absolute atomic E-state index is 0.349. The molecule has 1 atom stereocenters. The van der Waals surface area contributed by atoms with Crippen molar-refractivity contribution in [1.82, 2.24) is 10.6 Å². The molecule has 2 N–H and O–H groups in total. The molecule has 0 saturated heterocycles. The third-order valence-electron chi connectivity index (χ3n) is 3.66. The van der Waals surface area contributed by atoms with Crippen LogP contribution >= 0.6 is 0 Å². The zero-order valence-electron chi connectivity index (χ0n) is 16.3. The fraction of sp³-hybridized carbons (Fsp3) is 0.286. The van der Waals surface area contributed by atoms with E-state index in [-0.39, 0.29) is 0 Å². The van der Waals surface area contributed by atoms with E-state index in [2.05, 4.69) is 10.6 Å². The maximum absolute atomic E-state index is 12.5. The summed E-state index contributed by atoms with van der Waals surface area (Å²) in [7, 11) is 0. The zero-order valence-corrected chi connectivity index (χ0v) is 16.3. The second-order valence-electron chi connectivity index (χ2n) is 5.80. The highest BCUT2D eigenvalue weighted by Crippen LogP contribution is 2.26. The zero-order chi connectivity index (χ0) is 21.1. The normalized spacial score (nSPS) is 11.1. The van der Waals surface area contributed by atoms with Crippen LogP contribution in [0.15, 0.2) is 54.6 Å². The molecule has 2 aromatic rings. The number of amides is 3. The van der Waals surface area contributed by atoms with E-state index in [1.807, 2.05) is 6.92 Å². The number of rotatable bonds is 9. The topological polar surface area (TPSA) is 103 Å². The van der Waals surface area contributed by atoms with Gasteiger partial charge in [0.25, 0.3) is 5.91 Å². The molecule has 0 radical (unpaired) electrons. The number of hydrogen-bond donors (Lipinski definition) is 2. The van der Waals surface area contributed by atoms with Gasteiger partial charge in [-0.05, 0) is 26.0 Å². The van der Waals surface area contributed by atoms with E-state index in [1.165, 1.54) is 0 Å². The first-order valence-electron chi connectivity index (χ1n) is 9.22. The van der Waals surface area contributed by atoms with Crippen LogP contribution in [0.2, 0.25) is 0 Å². The molecular formula is C21H24N2O6. The second kappa shape index (κ2) is 11.3. The Balaban J connectivity index is 2.05. The van der Waals surface area contributed by atoms with Gasteiger partial charge in [0.05, 0.1) is 6.61 Å². The summed E-state index contributed by atoms with van der Waals surface area (Å²) in [4.78, 5) is 36.4. The number of para-hydroxylation sites is 2. The Bertz CT molecular complexity index is 825. The molecule has 3 amide bonds. The monoisotopic (exact) mass is 400 g/mol. The standard InChI is InChI=1S/C21H24N2O6/c1-3-22-21(26)23-20(25)19(15-10-6-5-7-11-15)29-18(24)14-28-17-13-9-8-12-16(17)27-4-2/h5-13,19H,3-4,14H2,1-2H3,(H2,22,23,25,26). The molecule has 29 heavy (non-hydrogen) atoms. The molecule has 8 nitrogen and oxygen atoms in total. The third kappa shape index (κ3) is 6.84. The largest absolute Gasteiger partial charge is 0.490 e. The maximum Gasteiger partial charge on any atom is 0.345 e. The lowest BCUT2D eigenvalue weighted by Crippen LogP contribution is -2.42. The van der Waals surface area contributed by atoms with Gasteiger partial charge in [0.2, 0.25) is 6.10 Å². The molecule has 0 aliphatic heterocycles. The van der Waals surface area contributed by atoms with Crippen LogP contribution in [0.1, 0.15) is 25.5 Å². The molecule has 0 aliphatic rings. The predicted octanol–water partition coefficient (Wildman–Crippen LogP) is 2.59. The summed E-state index contributed by atoms with van der Waals surface area (Å²) >= 11 is 0. The van der Waals surface area contributed by atoms with Gasteiger partial charge in [-0.3, -0.25) is 10.1 Å². The lowest BCUT2D eigenvalue weighted by Gasteiger charge is -2.18. The van der Waals surface area contributed by atoms with Crippen LogP contribution in [0.4, 0.5) is 4.79 Å². The third-order valence-corrected chi connectivity index (χ3v) is 3.66. The van der Waals surface area contributed by atoms with Crippen LogP contribution in [0.25, 0.3) is 0 Å². The number of carbonyl (C=O) groups excluding carboxylic acids is 3. The van der Waals surface area contributed by atoms with E-state index in [0.29, 0.717) is 30.2 Å². The smallest absolute Gasteiger partial charge is 0.345 e. The number of imide groups is 1. The van der Waals surface area contributed by atoms with Crippen molar-refractivity contribution in [2.45, 2.75) is 20.0 Å². The van der Waals surface area contributed by atoms with Crippen molar-refractivity contribution in [3.8, 4) is 11.5 Å². The number of urea groups is 1. The Hall–Kier alpha value is -3.55. The number of ether oxygens (including phenoxy) is 3. The van der Waals surface area contributed by atoms with Gasteiger partial charge >= 0.3 is 12.0 Å². The number of carbonyl (C=O) groups is 3. The average molecular weight is 400 g/mol. The molecule has 0 bridgehead atoms. The Labute approximate surface area is 169 Å². The van der Waals surface area contributed by atoms with Crippen LogP contribution in [0.5, 0.6) is 11.5 Å². The molecule has 2 rings (SSSR count). The summed E-state index contributed by atoms with van der Waals surface area (Å²) in [6, 6.07) is 14.7. The fourth-order valence-electron chi connectivity index (χ4n) is 2.43. The van der Waals surface area contributed by atoms with Crippen LogP contribution in [0, 0.1) is 0 Å². The molecule has 0 saturated carbocycles. The summed E-state index contributed by atoms with van der Waals surface area (Å²) in [5.74, 6) is -0.646. The molecule has 154 valence electrons. The quantitative estimate of drug-likeness (QED) is 0.627. The Morgan fingerprint density at radius 1 is 0.897 bits per heavy atom. The first-order valence-corrected chi connectivity index (χ1v) is 9.22. The molecule has 0 fully saturated rings. The van der Waals surface area contributed by atoms with Gasteiger partial charge in [0.15, 0.2) is 18.1 Å². The van der Waals surface area contributed by atoms with Crippen molar-refractivity contribution in [2.24, 2.45) is 0 Å². The molecule has 0 aromatic heterocycles. The minimum Gasteiger partial charge on any atom is -0.490 e. The Morgan fingerprint density at radius 2 is 1.52 bits per heavy atom. The van der Waals surface area contributed by atoms with E-state index in [4.69, 9.17) is 14.2 Å². The lowest BCUT2D eigenvalue weighted by molar-refractivity contribution is -0.158. The summed E-state index contributed by atoms with van der Waals surface area (Å²) in [6.07, 6.45) is -1.29. The number of nitrogens with one attached hydrogen (secondary N) is 2. The first kappa shape index (κ1) is 21.7. The van der Waals surface area contributed by atoms with Crippen LogP contribution < -0.4 is 20.1 Å². The van der Waals surface area contributed by atoms with E-state index < -0.39 is 30.6 Å². The van der Waals surface area contributed by atoms with Gasteiger partial charge in [-0.25, -0.2) is 9.59 Å². The van der Waals surface area contributed by atoms with Crippen molar-refractivity contribution in [3.63, 3.8) is 0 Å². The van der Waals surface area contributed by atoms with Crippen LogP contribution in [-0.2, 0) is 14.3 Å². The average Bonchev–Trinajstić information content (AvgIpc) is 2.72. The maximum atomic E-state index is 12.5. The molecule has 0 aliphatic carbocycles. The lowest BCUT2D eigenvalue weighted by atomic mass is 10.1. The van der Waals surface area contributed by atoms with Gasteiger partial charge in [0, 0.05) is 12.1 Å². The van der Waals surface area contributed by atoms with Crippen molar-refractivity contribution < 1.29 is 28.6 Å². The first-order chi connectivity index (χ1) is 14.0. The van der Waals surface area contributed by atoms with Crippen molar-refractivity contribution in [2.75, 3.05) is 19.8 Å². The van der Waals surface area contributed by atoms with E-state index in [0.717, 1.165) is 0 Å². The van der Waals surface area contributed by atoms with Gasteiger partial charge in [-0.1, -0.05) is 42.5 Å². The molecule has 1 unspecified atom stereocenters. The summed E-state index contributed by atoms with van der Waals surface area (Å²) < 4.78 is 16.2. The second-order valence-corrected chi connectivity index (χ2v) is 5.80. The number of hydrogen-bond acceptors (Lipinski definition) is 6. The van der Waals surface area contributed by atoms with E-state index in [9.17, 15) is 14.4 Å². The van der Waals surface area contributed by atoms with Gasteiger partial charge in [0.1, 0.15) is 0 Å². The highest BCUT2D eigenvalue weighted by Gasteiger charge is 2.26. The highest BCUT2D eigenvalue weighted by atomic mass is 16.6. The van der Waals surface area contributed by atoms with E-state index >= 15 is 0 Å². The SMILES string of the molecule is CCNC(=O)NC(=O)C(OC(=O)COc1ccccc1OCC)c1ccccc1. The predicted molar refractivity (Wildman–Crippen MR) is 106 cm³/mol. The van der Waals surface area contributed by atoms with Crippen molar-refractivity contribution in [3.05, 3.63) is 60.2 Å². The molecule has 0 heterocycles. The van der Waals surface area contributed by atoms with Gasteiger partial charge in [-0.15, -0.1) is 0 Å². The van der Waals surface area contributed by atoms with Crippen molar-refractivity contribution >= 4 is 17.9 Å². The summed E-state index contributed by atoms with van der Waals surface area (Å²) in [6.45, 7) is 3.92. The molecule has 8 heteroatoms. The van der Waals surface area contributed by atoms with Gasteiger partial charge in [-0.2, -0.15) is 0 Å². The number of esters is 1. The van der Waals surface area contributed by atoms with Crippen LogP contribution in [0.3, 0.4) is 0 Å².